The number of nitrogens with one attached hydrogen (secondary N) is 1. The second-order valence-electron chi connectivity index (χ2n) is 5.40. The lowest BCUT2D eigenvalue weighted by atomic mass is 10.1. The maximum atomic E-state index is 12.1. The first-order valence-corrected chi connectivity index (χ1v) is 7.20. The number of hydrogen-bond donors (Lipinski definition) is 2. The number of aromatic carboxylic acids is 1. The van der Waals surface area contributed by atoms with Crippen LogP contribution in [0, 0.1) is 0 Å². The third kappa shape index (κ3) is 3.16. The summed E-state index contributed by atoms with van der Waals surface area (Å²) in [5.74, 6) is -0.797. The number of carbonyl (C=O) groups excluding carboxylic acids is 1. The van der Waals surface area contributed by atoms with Gasteiger partial charge in [-0.1, -0.05) is 17.3 Å². The molecule has 1 fully saturated rings. The van der Waals surface area contributed by atoms with Crippen molar-refractivity contribution in [3.63, 3.8) is 0 Å². The van der Waals surface area contributed by atoms with Gasteiger partial charge in [-0.15, -0.1) is 0 Å². The topological polar surface area (TPSA) is 92.4 Å². The second-order valence-corrected chi connectivity index (χ2v) is 5.40. The minimum atomic E-state index is -0.954. The molecule has 3 rings (SSSR count). The molecule has 1 aliphatic carbocycles. The number of hydrogen-bond acceptors (Lipinski definition) is 4. The van der Waals surface area contributed by atoms with Gasteiger partial charge < -0.3 is 14.9 Å². The summed E-state index contributed by atoms with van der Waals surface area (Å²) in [6.07, 6.45) is 4.05. The van der Waals surface area contributed by atoms with Crippen molar-refractivity contribution in [2.75, 3.05) is 6.54 Å². The maximum Gasteiger partial charge on any atom is 0.335 e. The molecule has 0 unspecified atom stereocenters. The van der Waals surface area contributed by atoms with Crippen molar-refractivity contribution >= 4 is 11.9 Å². The van der Waals surface area contributed by atoms with E-state index in [2.05, 4.69) is 10.5 Å². The molecule has 0 radical (unpaired) electrons. The van der Waals surface area contributed by atoms with Crippen LogP contribution in [0.15, 0.2) is 35.1 Å². The van der Waals surface area contributed by atoms with E-state index >= 15 is 0 Å². The third-order valence-corrected chi connectivity index (χ3v) is 3.68. The van der Waals surface area contributed by atoms with Crippen LogP contribution in [0.5, 0.6) is 0 Å². The van der Waals surface area contributed by atoms with E-state index < -0.39 is 5.97 Å². The van der Waals surface area contributed by atoms with E-state index in [0.717, 1.165) is 24.1 Å². The minimum Gasteiger partial charge on any atom is -0.478 e. The molecule has 1 aliphatic rings. The molecule has 0 saturated heterocycles. The second kappa shape index (κ2) is 6.01. The fraction of sp³-hybridized carbons (Fsp3) is 0.312. The zero-order valence-electron chi connectivity index (χ0n) is 11.9. The Hall–Kier alpha value is -2.63. The van der Waals surface area contributed by atoms with Gasteiger partial charge in [-0.25, -0.2) is 4.79 Å². The van der Waals surface area contributed by atoms with Gasteiger partial charge in [-0.05, 0) is 37.0 Å². The van der Waals surface area contributed by atoms with Crippen LogP contribution in [-0.4, -0.2) is 28.7 Å². The van der Waals surface area contributed by atoms with Crippen LogP contribution < -0.4 is 5.32 Å². The molecule has 1 aromatic carbocycles. The number of amides is 1. The Bertz CT molecular complexity index is 704. The van der Waals surface area contributed by atoms with Gasteiger partial charge >= 0.3 is 5.97 Å². The molecule has 0 atom stereocenters. The average Bonchev–Trinajstić information content (AvgIpc) is 3.24. The van der Waals surface area contributed by atoms with Crippen LogP contribution in [0.25, 0.3) is 0 Å². The van der Waals surface area contributed by atoms with Gasteiger partial charge in [0.1, 0.15) is 11.8 Å². The smallest absolute Gasteiger partial charge is 0.335 e. The molecule has 22 heavy (non-hydrogen) atoms. The number of carboxylic acids is 1. The van der Waals surface area contributed by atoms with Crippen molar-refractivity contribution in [3.8, 4) is 0 Å². The molecule has 1 amide bonds. The zero-order chi connectivity index (χ0) is 15.5. The van der Waals surface area contributed by atoms with Crippen LogP contribution >= 0.6 is 0 Å². The molecule has 2 N–H and O–H groups in total. The summed E-state index contributed by atoms with van der Waals surface area (Å²) in [6, 6.07) is 6.70. The Kier molecular flexibility index (Phi) is 3.91. The monoisotopic (exact) mass is 300 g/mol. The van der Waals surface area contributed by atoms with Crippen molar-refractivity contribution in [1.82, 2.24) is 10.5 Å². The first-order valence-electron chi connectivity index (χ1n) is 7.20. The van der Waals surface area contributed by atoms with Gasteiger partial charge in [0.2, 0.25) is 0 Å². The number of benzene rings is 1. The predicted octanol–water partition coefficient (Wildman–Crippen LogP) is 2.22. The molecule has 1 aromatic heterocycles. The summed E-state index contributed by atoms with van der Waals surface area (Å²) in [5, 5.41) is 15.7. The van der Waals surface area contributed by atoms with E-state index in [0.29, 0.717) is 24.4 Å². The molecule has 6 heteroatoms. The molecular formula is C16H16N2O4. The summed E-state index contributed by atoms with van der Waals surface area (Å²) >= 11 is 0. The molecular weight excluding hydrogens is 284 g/mol. The van der Waals surface area contributed by atoms with E-state index in [-0.39, 0.29) is 11.5 Å². The third-order valence-electron chi connectivity index (χ3n) is 3.68. The highest BCUT2D eigenvalue weighted by molar-refractivity contribution is 5.95. The van der Waals surface area contributed by atoms with Gasteiger partial charge in [0.15, 0.2) is 0 Å². The van der Waals surface area contributed by atoms with Gasteiger partial charge in [0.25, 0.3) is 5.91 Å². The lowest BCUT2D eigenvalue weighted by molar-refractivity contribution is 0.0696. The SMILES string of the molecule is O=C(O)c1cccc(CCNC(=O)c2conc2C2CC2)c1. The Morgan fingerprint density at radius 3 is 2.91 bits per heavy atom. The van der Waals surface area contributed by atoms with Crippen LogP contribution in [0.3, 0.4) is 0 Å². The first-order chi connectivity index (χ1) is 10.6. The Morgan fingerprint density at radius 1 is 1.36 bits per heavy atom. The van der Waals surface area contributed by atoms with Crippen molar-refractivity contribution in [1.29, 1.82) is 0 Å². The average molecular weight is 300 g/mol. The highest BCUT2D eigenvalue weighted by Crippen LogP contribution is 2.40. The molecule has 0 bridgehead atoms. The molecule has 114 valence electrons. The van der Waals surface area contributed by atoms with Crippen molar-refractivity contribution in [3.05, 3.63) is 52.9 Å². The normalized spacial score (nSPS) is 13.8. The summed E-state index contributed by atoms with van der Waals surface area (Å²) in [6.45, 7) is 0.428. The van der Waals surface area contributed by atoms with E-state index in [1.54, 1.807) is 18.2 Å². The van der Waals surface area contributed by atoms with Gasteiger partial charge in [0.05, 0.1) is 11.3 Å². The quantitative estimate of drug-likeness (QED) is 0.853. The number of rotatable bonds is 6. The van der Waals surface area contributed by atoms with Crippen LogP contribution in [0.2, 0.25) is 0 Å². The standard InChI is InChI=1S/C16H16N2O4/c19-15(13-9-22-18-14(13)11-4-5-11)17-7-6-10-2-1-3-12(8-10)16(20)21/h1-3,8-9,11H,4-7H2,(H,17,19)(H,20,21). The summed E-state index contributed by atoms with van der Waals surface area (Å²) in [5.41, 5.74) is 2.36. The minimum absolute atomic E-state index is 0.197. The van der Waals surface area contributed by atoms with Crippen molar-refractivity contribution in [2.24, 2.45) is 0 Å². The zero-order valence-corrected chi connectivity index (χ0v) is 11.9. The van der Waals surface area contributed by atoms with Gasteiger partial charge in [0, 0.05) is 12.5 Å². The lowest BCUT2D eigenvalue weighted by Gasteiger charge is -2.05. The Labute approximate surface area is 127 Å². The highest BCUT2D eigenvalue weighted by Gasteiger charge is 2.31. The molecule has 0 spiro atoms. The molecule has 1 saturated carbocycles. The van der Waals surface area contributed by atoms with Crippen LogP contribution in [0.1, 0.15) is 50.7 Å². The maximum absolute atomic E-state index is 12.1. The largest absolute Gasteiger partial charge is 0.478 e. The fourth-order valence-electron chi connectivity index (χ4n) is 2.34. The lowest BCUT2D eigenvalue weighted by Crippen LogP contribution is -2.26. The van der Waals surface area contributed by atoms with Gasteiger partial charge in [-0.2, -0.15) is 0 Å². The first kappa shape index (κ1) is 14.3. The van der Waals surface area contributed by atoms with Crippen LogP contribution in [-0.2, 0) is 6.42 Å². The Balaban J connectivity index is 1.56. The predicted molar refractivity (Wildman–Crippen MR) is 77.9 cm³/mol. The number of nitrogens with zero attached hydrogens (tertiary/aromatic N) is 1. The Morgan fingerprint density at radius 2 is 2.18 bits per heavy atom. The number of carboxylic acid groups (broad SMARTS) is 1. The van der Waals surface area contributed by atoms with E-state index in [1.165, 1.54) is 6.26 Å². The van der Waals surface area contributed by atoms with E-state index in [4.69, 9.17) is 9.63 Å². The molecule has 1 heterocycles. The summed E-state index contributed by atoms with van der Waals surface area (Å²) in [7, 11) is 0. The van der Waals surface area contributed by atoms with E-state index in [1.807, 2.05) is 6.07 Å². The van der Waals surface area contributed by atoms with Gasteiger partial charge in [-0.3, -0.25) is 4.79 Å². The molecule has 2 aromatic rings. The number of carbonyl (C=O) groups is 2. The summed E-state index contributed by atoms with van der Waals surface area (Å²) < 4.78 is 4.90. The number of aromatic nitrogens is 1. The van der Waals surface area contributed by atoms with Crippen molar-refractivity contribution < 1.29 is 19.2 Å². The fourth-order valence-corrected chi connectivity index (χ4v) is 2.34. The molecule has 6 nitrogen and oxygen atoms in total. The molecule has 0 aliphatic heterocycles. The summed E-state index contributed by atoms with van der Waals surface area (Å²) in [4.78, 5) is 23.0. The van der Waals surface area contributed by atoms with E-state index in [9.17, 15) is 9.59 Å². The highest BCUT2D eigenvalue weighted by atomic mass is 16.5. The van der Waals surface area contributed by atoms with Crippen molar-refractivity contribution in [2.45, 2.75) is 25.2 Å². The van der Waals surface area contributed by atoms with Crippen LogP contribution in [0.4, 0.5) is 0 Å².